The second-order valence-electron chi connectivity index (χ2n) is 9.15. The molecule has 2 amide bonds. The van der Waals surface area contributed by atoms with Crippen LogP contribution in [0.15, 0.2) is 35.6 Å². The zero-order chi connectivity index (χ0) is 23.0. The normalized spacial score (nSPS) is 22.0. The van der Waals surface area contributed by atoms with Crippen molar-refractivity contribution in [3.63, 3.8) is 0 Å². The zero-order valence-electron chi connectivity index (χ0n) is 19.2. The maximum Gasteiger partial charge on any atom is 0.258 e. The minimum atomic E-state index is -0.913. The van der Waals surface area contributed by atoms with Crippen molar-refractivity contribution >= 4 is 34.8 Å². The van der Waals surface area contributed by atoms with Crippen molar-refractivity contribution < 1.29 is 15.1 Å². The van der Waals surface area contributed by atoms with Gasteiger partial charge in [0.05, 0.1) is 11.5 Å². The van der Waals surface area contributed by atoms with Gasteiger partial charge in [-0.05, 0) is 42.9 Å². The van der Waals surface area contributed by atoms with Gasteiger partial charge in [0.15, 0.2) is 0 Å². The topological polar surface area (TPSA) is 139 Å². The summed E-state index contributed by atoms with van der Waals surface area (Å²) < 4.78 is 0. The molecule has 0 bridgehead atoms. The van der Waals surface area contributed by atoms with E-state index in [-0.39, 0.29) is 29.2 Å². The number of hydrogen-bond acceptors (Lipinski definition) is 5. The van der Waals surface area contributed by atoms with E-state index in [1.807, 2.05) is 24.0 Å². The first kappa shape index (κ1) is 24.2. The quantitative estimate of drug-likeness (QED) is 0.653. The molecule has 176 valence electrons. The van der Waals surface area contributed by atoms with Gasteiger partial charge in [0.2, 0.25) is 17.8 Å². The number of anilines is 3. The van der Waals surface area contributed by atoms with Gasteiger partial charge in [-0.15, -0.1) is 0 Å². The van der Waals surface area contributed by atoms with E-state index in [1.165, 1.54) is 0 Å². The molecule has 1 aromatic heterocycles. The lowest BCUT2D eigenvalue weighted by Gasteiger charge is -2.35. The van der Waals surface area contributed by atoms with Crippen molar-refractivity contribution in [2.45, 2.75) is 39.5 Å². The first-order valence-electron chi connectivity index (χ1n) is 11.0. The van der Waals surface area contributed by atoms with Crippen LogP contribution in [0, 0.1) is 11.8 Å². The Bertz CT molecular complexity index is 1110. The minimum absolute atomic E-state index is 0. The van der Waals surface area contributed by atoms with Gasteiger partial charge in [-0.2, -0.15) is 4.98 Å². The number of carbonyl (C=O) groups is 2. The fourth-order valence-corrected chi connectivity index (χ4v) is 4.64. The number of rotatable bonds is 4. The smallest absolute Gasteiger partial charge is 0.258 e. The number of nitrogens with one attached hydrogen (secondary N) is 3. The summed E-state index contributed by atoms with van der Waals surface area (Å²) in [6.07, 6.45) is 1.02. The lowest BCUT2D eigenvalue weighted by molar-refractivity contribution is -0.123. The molecule has 9 nitrogen and oxygen atoms in total. The van der Waals surface area contributed by atoms with Crippen LogP contribution < -0.4 is 21.1 Å². The third-order valence-electron chi connectivity index (χ3n) is 6.07. The zero-order valence-corrected chi connectivity index (χ0v) is 19.2. The molecule has 0 saturated carbocycles. The van der Waals surface area contributed by atoms with Gasteiger partial charge < -0.3 is 21.0 Å². The highest BCUT2D eigenvalue weighted by atomic mass is 16.2. The minimum Gasteiger partial charge on any atom is -0.412 e. The van der Waals surface area contributed by atoms with Crippen LogP contribution >= 0.6 is 0 Å². The summed E-state index contributed by atoms with van der Waals surface area (Å²) in [6.45, 7) is 11.7. The van der Waals surface area contributed by atoms with Crippen molar-refractivity contribution in [3.05, 3.63) is 52.3 Å². The molecule has 3 atom stereocenters. The summed E-state index contributed by atoms with van der Waals surface area (Å²) >= 11 is 0. The molecule has 4 rings (SSSR count). The molecule has 33 heavy (non-hydrogen) atoms. The van der Waals surface area contributed by atoms with Crippen molar-refractivity contribution in [3.8, 4) is 0 Å². The molecule has 1 aromatic carbocycles. The molecule has 0 aliphatic carbocycles. The summed E-state index contributed by atoms with van der Waals surface area (Å²) in [4.78, 5) is 47.8. The third-order valence-corrected chi connectivity index (χ3v) is 6.07. The number of fused-ring (bicyclic) bond motifs is 1. The van der Waals surface area contributed by atoms with Crippen molar-refractivity contribution in [2.24, 2.45) is 11.8 Å². The van der Waals surface area contributed by atoms with Gasteiger partial charge in [-0.3, -0.25) is 19.4 Å². The standard InChI is InChI=1S/C24H29N5O3.H2O/c1-13(2)16-5-7-17(8-6-16)25-22(31)18-10-19(30)26-21-20(18)23(32)28-24(27-21)29-11-14(3)9-15(4)12-29;/h5-8,14-15,18H,1,9-12H2,2-4H3,(H,25,31)(H2,26,27,28,30,32);1H2. The first-order valence-corrected chi connectivity index (χ1v) is 11.0. The second kappa shape index (κ2) is 9.58. The van der Waals surface area contributed by atoms with Crippen molar-refractivity contribution in [1.82, 2.24) is 9.97 Å². The Hall–Kier alpha value is -3.46. The van der Waals surface area contributed by atoms with Gasteiger partial charge in [0.1, 0.15) is 5.82 Å². The highest BCUT2D eigenvalue weighted by molar-refractivity contribution is 6.04. The van der Waals surface area contributed by atoms with Crippen LogP contribution in [0.3, 0.4) is 0 Å². The van der Waals surface area contributed by atoms with E-state index in [9.17, 15) is 14.4 Å². The van der Waals surface area contributed by atoms with Crippen LogP contribution in [0.2, 0.25) is 0 Å². The fraction of sp³-hybridized carbons (Fsp3) is 0.417. The number of hydrogen-bond donors (Lipinski definition) is 3. The number of H-pyrrole nitrogens is 1. The number of nitrogens with zero attached hydrogens (tertiary/aromatic N) is 2. The Morgan fingerprint density at radius 2 is 1.79 bits per heavy atom. The van der Waals surface area contributed by atoms with E-state index >= 15 is 0 Å². The molecule has 3 unspecified atom stereocenters. The number of aromatic nitrogens is 2. The van der Waals surface area contributed by atoms with Crippen LogP contribution in [0.25, 0.3) is 5.57 Å². The number of piperidine rings is 1. The van der Waals surface area contributed by atoms with Crippen LogP contribution in [-0.4, -0.2) is 40.3 Å². The number of aromatic amines is 1. The van der Waals surface area contributed by atoms with Crippen LogP contribution in [0.4, 0.5) is 17.5 Å². The Balaban J connectivity index is 0.00000306. The lowest BCUT2D eigenvalue weighted by atomic mass is 9.91. The summed E-state index contributed by atoms with van der Waals surface area (Å²) in [5.74, 6) is -0.102. The third kappa shape index (κ3) is 5.14. The molecule has 2 aliphatic rings. The Morgan fingerprint density at radius 1 is 1.15 bits per heavy atom. The van der Waals surface area contributed by atoms with Crippen LogP contribution in [0.5, 0.6) is 0 Å². The van der Waals surface area contributed by atoms with Gasteiger partial charge >= 0.3 is 0 Å². The largest absolute Gasteiger partial charge is 0.412 e. The maximum absolute atomic E-state index is 13.0. The summed E-state index contributed by atoms with van der Waals surface area (Å²) in [6, 6.07) is 7.27. The van der Waals surface area contributed by atoms with Crippen LogP contribution in [0.1, 0.15) is 50.7 Å². The molecular formula is C24H31N5O4. The van der Waals surface area contributed by atoms with Crippen molar-refractivity contribution in [2.75, 3.05) is 28.6 Å². The van der Waals surface area contributed by atoms with Crippen LogP contribution in [-0.2, 0) is 9.59 Å². The SMILES string of the molecule is C=C(C)c1ccc(NC(=O)C2CC(=O)Nc3nc(N4CC(C)CC(C)C4)[nH]c(=O)c32)cc1.O. The second-order valence-corrected chi connectivity index (χ2v) is 9.15. The molecule has 1 saturated heterocycles. The summed E-state index contributed by atoms with van der Waals surface area (Å²) in [7, 11) is 0. The highest BCUT2D eigenvalue weighted by Crippen LogP contribution is 2.31. The Kier molecular flexibility index (Phi) is 7.02. The Morgan fingerprint density at radius 3 is 2.39 bits per heavy atom. The van der Waals surface area contributed by atoms with E-state index in [4.69, 9.17) is 0 Å². The van der Waals surface area contributed by atoms with Crippen molar-refractivity contribution in [1.29, 1.82) is 0 Å². The van der Waals surface area contributed by atoms with Gasteiger partial charge in [0.25, 0.3) is 5.56 Å². The van der Waals surface area contributed by atoms with Gasteiger partial charge in [-0.1, -0.05) is 38.1 Å². The van der Waals surface area contributed by atoms with E-state index < -0.39 is 17.4 Å². The predicted octanol–water partition coefficient (Wildman–Crippen LogP) is 2.53. The number of allylic oxidation sites excluding steroid dienone is 1. The number of carbonyl (C=O) groups excluding carboxylic acids is 2. The molecular weight excluding hydrogens is 422 g/mol. The van der Waals surface area contributed by atoms with E-state index in [0.717, 1.165) is 30.6 Å². The average molecular weight is 454 g/mol. The molecule has 2 aliphatic heterocycles. The molecule has 9 heteroatoms. The molecule has 2 aromatic rings. The lowest BCUT2D eigenvalue weighted by Crippen LogP contribution is -2.42. The molecule has 0 spiro atoms. The summed E-state index contributed by atoms with van der Waals surface area (Å²) in [5.41, 5.74) is 2.28. The Labute approximate surface area is 192 Å². The van der Waals surface area contributed by atoms with E-state index in [0.29, 0.717) is 23.5 Å². The van der Waals surface area contributed by atoms with Gasteiger partial charge in [-0.25, -0.2) is 0 Å². The highest BCUT2D eigenvalue weighted by Gasteiger charge is 2.35. The summed E-state index contributed by atoms with van der Waals surface area (Å²) in [5, 5.41) is 5.50. The molecule has 5 N–H and O–H groups in total. The molecule has 3 heterocycles. The average Bonchev–Trinajstić information content (AvgIpc) is 2.72. The van der Waals surface area contributed by atoms with Gasteiger partial charge in [0, 0.05) is 25.2 Å². The molecule has 0 radical (unpaired) electrons. The van der Waals surface area contributed by atoms with E-state index in [1.54, 1.807) is 12.1 Å². The number of amides is 2. The monoisotopic (exact) mass is 453 g/mol. The molecule has 1 fully saturated rings. The van der Waals surface area contributed by atoms with E-state index in [2.05, 4.69) is 41.0 Å². The number of benzene rings is 1. The fourth-order valence-electron chi connectivity index (χ4n) is 4.64. The predicted molar refractivity (Wildman–Crippen MR) is 129 cm³/mol. The maximum atomic E-state index is 13.0. The first-order chi connectivity index (χ1) is 15.2.